The van der Waals surface area contributed by atoms with E-state index >= 15 is 0 Å². The average Bonchev–Trinajstić information content (AvgIpc) is 2.74. The Morgan fingerprint density at radius 3 is 2.81 bits per heavy atom. The molecule has 1 atom stereocenters. The van der Waals surface area contributed by atoms with Gasteiger partial charge in [-0.3, -0.25) is 0 Å². The number of rotatable bonds is 3. The molecule has 16 heavy (non-hydrogen) atoms. The molecule has 0 radical (unpaired) electrons. The Balaban J connectivity index is 2.14. The lowest BCUT2D eigenvalue weighted by atomic mass is 10.1. The molecule has 0 spiro atoms. The van der Waals surface area contributed by atoms with Gasteiger partial charge in [-0.15, -0.1) is 11.3 Å². The molecular weight excluding hydrogens is 247 g/mol. The first-order valence-electron chi connectivity index (χ1n) is 4.82. The van der Waals surface area contributed by atoms with Crippen molar-refractivity contribution in [3.05, 3.63) is 57.0 Å². The predicted molar refractivity (Wildman–Crippen MR) is 64.4 cm³/mol. The Morgan fingerprint density at radius 1 is 1.38 bits per heavy atom. The molecule has 84 valence electrons. The van der Waals surface area contributed by atoms with E-state index in [1.807, 2.05) is 17.5 Å². The van der Waals surface area contributed by atoms with Crippen molar-refractivity contribution in [3.63, 3.8) is 0 Å². The Hall–Kier alpha value is -0.900. The van der Waals surface area contributed by atoms with E-state index in [9.17, 15) is 9.50 Å². The van der Waals surface area contributed by atoms with Gasteiger partial charge in [-0.2, -0.15) is 0 Å². The number of hydrogen-bond acceptors (Lipinski definition) is 2. The van der Waals surface area contributed by atoms with Gasteiger partial charge in [0.25, 0.3) is 0 Å². The summed E-state index contributed by atoms with van der Waals surface area (Å²) in [6.45, 7) is 0. The first kappa shape index (κ1) is 11.6. The van der Waals surface area contributed by atoms with Crippen LogP contribution in [0.5, 0.6) is 0 Å². The second-order valence-corrected chi connectivity index (χ2v) is 4.91. The minimum atomic E-state index is -0.642. The molecule has 1 aromatic heterocycles. The van der Waals surface area contributed by atoms with E-state index in [4.69, 9.17) is 11.6 Å². The van der Waals surface area contributed by atoms with E-state index in [2.05, 4.69) is 0 Å². The molecule has 1 heterocycles. The highest BCUT2D eigenvalue weighted by atomic mass is 35.5. The molecule has 0 amide bonds. The molecule has 1 N–H and O–H groups in total. The van der Waals surface area contributed by atoms with Crippen LogP contribution in [0.25, 0.3) is 0 Å². The van der Waals surface area contributed by atoms with Crippen molar-refractivity contribution < 1.29 is 9.50 Å². The van der Waals surface area contributed by atoms with Crippen LogP contribution in [-0.2, 0) is 6.42 Å². The molecule has 0 fully saturated rings. The van der Waals surface area contributed by atoms with Gasteiger partial charge in [-0.25, -0.2) is 4.39 Å². The van der Waals surface area contributed by atoms with Gasteiger partial charge in [0.15, 0.2) is 0 Å². The van der Waals surface area contributed by atoms with Gasteiger partial charge in [0.1, 0.15) is 5.82 Å². The Labute approximate surface area is 102 Å². The van der Waals surface area contributed by atoms with Crippen molar-refractivity contribution in [1.82, 2.24) is 0 Å². The van der Waals surface area contributed by atoms with Gasteiger partial charge in [0.2, 0.25) is 0 Å². The van der Waals surface area contributed by atoms with Crippen molar-refractivity contribution in [2.45, 2.75) is 12.5 Å². The zero-order valence-electron chi connectivity index (χ0n) is 8.36. The molecule has 0 saturated heterocycles. The fourth-order valence-corrected chi connectivity index (χ4v) is 2.39. The van der Waals surface area contributed by atoms with Crippen LogP contribution in [0.2, 0.25) is 5.02 Å². The maximum absolute atomic E-state index is 12.9. The van der Waals surface area contributed by atoms with Gasteiger partial charge in [-0.05, 0) is 29.1 Å². The topological polar surface area (TPSA) is 20.2 Å². The van der Waals surface area contributed by atoms with Crippen molar-refractivity contribution >= 4 is 22.9 Å². The molecule has 1 nitrogen and oxygen atoms in total. The van der Waals surface area contributed by atoms with Crippen molar-refractivity contribution in [2.24, 2.45) is 0 Å². The fraction of sp³-hybridized carbons (Fsp3) is 0.167. The van der Waals surface area contributed by atoms with Gasteiger partial charge in [0, 0.05) is 11.3 Å². The Morgan fingerprint density at radius 2 is 2.19 bits per heavy atom. The number of thiophene rings is 1. The summed E-state index contributed by atoms with van der Waals surface area (Å²) in [5.74, 6) is -0.464. The van der Waals surface area contributed by atoms with Crippen LogP contribution in [0.15, 0.2) is 35.7 Å². The van der Waals surface area contributed by atoms with Crippen molar-refractivity contribution in [1.29, 1.82) is 0 Å². The fourth-order valence-electron chi connectivity index (χ4n) is 1.46. The molecule has 1 aromatic carbocycles. The molecule has 4 heteroatoms. The maximum atomic E-state index is 12.9. The molecular formula is C12H10ClFOS. The zero-order chi connectivity index (χ0) is 11.5. The molecule has 2 aromatic rings. The normalized spacial score (nSPS) is 12.7. The van der Waals surface area contributed by atoms with E-state index in [-0.39, 0.29) is 5.02 Å². The van der Waals surface area contributed by atoms with E-state index in [1.54, 1.807) is 17.4 Å². The molecule has 0 aliphatic carbocycles. The number of aliphatic hydroxyl groups is 1. The summed E-state index contributed by atoms with van der Waals surface area (Å²) in [5, 5.41) is 11.9. The minimum Gasteiger partial charge on any atom is -0.388 e. The first-order valence-corrected chi connectivity index (χ1v) is 6.08. The highest BCUT2D eigenvalue weighted by molar-refractivity contribution is 7.09. The highest BCUT2D eigenvalue weighted by Crippen LogP contribution is 2.24. The van der Waals surface area contributed by atoms with Crippen LogP contribution in [-0.4, -0.2) is 5.11 Å². The quantitative estimate of drug-likeness (QED) is 0.885. The van der Waals surface area contributed by atoms with Crippen LogP contribution in [0, 0.1) is 5.82 Å². The molecule has 1 unspecified atom stereocenters. The number of aliphatic hydroxyl groups excluding tert-OH is 1. The van der Waals surface area contributed by atoms with Crippen molar-refractivity contribution in [2.75, 3.05) is 0 Å². The van der Waals surface area contributed by atoms with Gasteiger partial charge >= 0.3 is 0 Å². The standard InChI is InChI=1S/C12H10ClFOS/c13-10-6-8(3-4-11(10)14)12(15)7-9-2-1-5-16-9/h1-6,12,15H,7H2. The molecule has 2 rings (SSSR count). The summed E-state index contributed by atoms with van der Waals surface area (Å²) in [6.07, 6.45) is -0.114. The summed E-state index contributed by atoms with van der Waals surface area (Å²) < 4.78 is 12.9. The second kappa shape index (κ2) is 4.95. The summed E-state index contributed by atoms with van der Waals surface area (Å²) in [4.78, 5) is 1.09. The van der Waals surface area contributed by atoms with E-state index in [1.165, 1.54) is 12.1 Å². The number of hydrogen-bond donors (Lipinski definition) is 1. The maximum Gasteiger partial charge on any atom is 0.141 e. The van der Waals surface area contributed by atoms with Gasteiger partial charge in [0.05, 0.1) is 11.1 Å². The molecule has 0 bridgehead atoms. The summed E-state index contributed by atoms with van der Waals surface area (Å²) in [7, 11) is 0. The lowest BCUT2D eigenvalue weighted by Gasteiger charge is -2.10. The predicted octanol–water partition coefficient (Wildman–Crippen LogP) is 3.82. The number of benzene rings is 1. The lowest BCUT2D eigenvalue weighted by Crippen LogP contribution is -2.00. The summed E-state index contributed by atoms with van der Waals surface area (Å²) in [5.41, 5.74) is 0.639. The highest BCUT2D eigenvalue weighted by Gasteiger charge is 2.11. The van der Waals surface area contributed by atoms with Crippen LogP contribution in [0.4, 0.5) is 4.39 Å². The third kappa shape index (κ3) is 2.61. The average molecular weight is 257 g/mol. The first-order chi connectivity index (χ1) is 7.66. The molecule has 0 saturated carbocycles. The summed E-state index contributed by atoms with van der Waals surface area (Å²) >= 11 is 7.24. The smallest absolute Gasteiger partial charge is 0.141 e. The van der Waals surface area contributed by atoms with Crippen LogP contribution < -0.4 is 0 Å². The van der Waals surface area contributed by atoms with Crippen LogP contribution >= 0.6 is 22.9 Å². The van der Waals surface area contributed by atoms with Gasteiger partial charge < -0.3 is 5.11 Å². The van der Waals surface area contributed by atoms with Gasteiger partial charge in [-0.1, -0.05) is 23.7 Å². The monoisotopic (exact) mass is 256 g/mol. The Bertz CT molecular complexity index is 470. The molecule has 0 aliphatic heterocycles. The van der Waals surface area contributed by atoms with Crippen LogP contribution in [0.1, 0.15) is 16.5 Å². The lowest BCUT2D eigenvalue weighted by molar-refractivity contribution is 0.179. The third-order valence-electron chi connectivity index (χ3n) is 2.30. The minimum absolute atomic E-state index is 0.0442. The molecule has 0 aliphatic rings. The second-order valence-electron chi connectivity index (χ2n) is 3.47. The van der Waals surface area contributed by atoms with Crippen LogP contribution in [0.3, 0.4) is 0 Å². The zero-order valence-corrected chi connectivity index (χ0v) is 9.93. The van der Waals surface area contributed by atoms with Crippen molar-refractivity contribution in [3.8, 4) is 0 Å². The largest absolute Gasteiger partial charge is 0.388 e. The SMILES string of the molecule is OC(Cc1cccs1)c1ccc(F)c(Cl)c1. The Kier molecular flexibility index (Phi) is 3.59. The number of halogens is 2. The van der Waals surface area contributed by atoms with E-state index in [0.717, 1.165) is 4.88 Å². The van der Waals surface area contributed by atoms with E-state index in [0.29, 0.717) is 12.0 Å². The van der Waals surface area contributed by atoms with E-state index < -0.39 is 11.9 Å². The third-order valence-corrected chi connectivity index (χ3v) is 3.49. The summed E-state index contributed by atoms with van der Waals surface area (Å²) in [6, 6.07) is 8.19.